The highest BCUT2D eigenvalue weighted by Gasteiger charge is 2.12. The minimum atomic E-state index is 0.438. The minimum Gasteiger partial charge on any atom is -0.398 e. The molecule has 1 aromatic heterocycles. The van der Waals surface area contributed by atoms with Crippen molar-refractivity contribution in [2.24, 2.45) is 0 Å². The first-order valence-corrected chi connectivity index (χ1v) is 6.62. The van der Waals surface area contributed by atoms with Gasteiger partial charge in [-0.1, -0.05) is 19.9 Å². The number of nitrogen functional groups attached to an aromatic ring is 1. The number of fused-ring (bicyclic) bond motifs is 1. The van der Waals surface area contributed by atoms with Crippen molar-refractivity contribution in [2.45, 2.75) is 46.3 Å². The SMILES string of the molecule is CC(C)NCc1cc2c(N)cccc2n1C(C)C. The molecule has 3 heteroatoms. The van der Waals surface area contributed by atoms with Crippen LogP contribution < -0.4 is 11.1 Å². The zero-order valence-corrected chi connectivity index (χ0v) is 11.7. The fraction of sp³-hybridized carbons (Fsp3) is 0.467. The van der Waals surface area contributed by atoms with E-state index in [-0.39, 0.29) is 0 Å². The molecule has 0 unspecified atom stereocenters. The number of anilines is 1. The third-order valence-corrected chi connectivity index (χ3v) is 3.20. The summed E-state index contributed by atoms with van der Waals surface area (Å²) in [5.74, 6) is 0. The summed E-state index contributed by atoms with van der Waals surface area (Å²) >= 11 is 0. The molecule has 0 radical (unpaired) electrons. The standard InChI is InChI=1S/C15H23N3/c1-10(2)17-9-12-8-13-14(16)6-5-7-15(13)18(12)11(3)4/h5-8,10-11,17H,9,16H2,1-4H3. The summed E-state index contributed by atoms with van der Waals surface area (Å²) in [7, 11) is 0. The molecule has 0 saturated carbocycles. The van der Waals surface area contributed by atoms with Gasteiger partial charge in [0.2, 0.25) is 0 Å². The largest absolute Gasteiger partial charge is 0.398 e. The van der Waals surface area contributed by atoms with Gasteiger partial charge in [0.15, 0.2) is 0 Å². The Bertz CT molecular complexity index is 538. The summed E-state index contributed by atoms with van der Waals surface area (Å²) in [6.07, 6.45) is 0. The molecule has 2 aromatic rings. The van der Waals surface area contributed by atoms with Crippen LogP contribution in [0.15, 0.2) is 24.3 Å². The van der Waals surface area contributed by atoms with E-state index in [0.717, 1.165) is 17.6 Å². The lowest BCUT2D eigenvalue weighted by Gasteiger charge is -2.16. The number of hydrogen-bond acceptors (Lipinski definition) is 2. The molecule has 0 amide bonds. The van der Waals surface area contributed by atoms with Gasteiger partial charge in [0.1, 0.15) is 0 Å². The van der Waals surface area contributed by atoms with Gasteiger partial charge in [-0.25, -0.2) is 0 Å². The Morgan fingerprint density at radius 2 is 1.94 bits per heavy atom. The van der Waals surface area contributed by atoms with E-state index >= 15 is 0 Å². The van der Waals surface area contributed by atoms with Crippen LogP contribution in [0.2, 0.25) is 0 Å². The monoisotopic (exact) mass is 245 g/mol. The van der Waals surface area contributed by atoms with Gasteiger partial charge in [-0.2, -0.15) is 0 Å². The fourth-order valence-electron chi connectivity index (χ4n) is 2.38. The lowest BCUT2D eigenvalue weighted by atomic mass is 10.2. The lowest BCUT2D eigenvalue weighted by molar-refractivity contribution is 0.534. The van der Waals surface area contributed by atoms with E-state index in [1.165, 1.54) is 11.2 Å². The van der Waals surface area contributed by atoms with Gasteiger partial charge in [0, 0.05) is 35.4 Å². The maximum Gasteiger partial charge on any atom is 0.0506 e. The topological polar surface area (TPSA) is 43.0 Å². The third kappa shape index (κ3) is 2.36. The van der Waals surface area contributed by atoms with E-state index in [1.54, 1.807) is 0 Å². The third-order valence-electron chi connectivity index (χ3n) is 3.20. The molecule has 1 aromatic carbocycles. The first kappa shape index (κ1) is 13.0. The van der Waals surface area contributed by atoms with E-state index in [0.29, 0.717) is 12.1 Å². The van der Waals surface area contributed by atoms with Crippen molar-refractivity contribution in [3.05, 3.63) is 30.0 Å². The first-order chi connectivity index (χ1) is 8.50. The Balaban J connectivity index is 2.51. The summed E-state index contributed by atoms with van der Waals surface area (Å²) in [6, 6.07) is 9.27. The molecule has 0 saturated heterocycles. The van der Waals surface area contributed by atoms with Crippen molar-refractivity contribution in [3.8, 4) is 0 Å². The van der Waals surface area contributed by atoms with E-state index in [1.807, 2.05) is 12.1 Å². The Hall–Kier alpha value is -1.48. The number of nitrogens with one attached hydrogen (secondary N) is 1. The predicted octanol–water partition coefficient (Wildman–Crippen LogP) is 3.30. The molecule has 0 aliphatic rings. The molecule has 0 atom stereocenters. The maximum absolute atomic E-state index is 6.06. The van der Waals surface area contributed by atoms with Gasteiger partial charge >= 0.3 is 0 Å². The number of nitrogens with two attached hydrogens (primary N) is 1. The van der Waals surface area contributed by atoms with E-state index in [4.69, 9.17) is 5.73 Å². The van der Waals surface area contributed by atoms with Crippen molar-refractivity contribution in [1.82, 2.24) is 9.88 Å². The highest BCUT2D eigenvalue weighted by molar-refractivity contribution is 5.92. The van der Waals surface area contributed by atoms with Gasteiger partial charge in [-0.15, -0.1) is 0 Å². The van der Waals surface area contributed by atoms with Crippen LogP contribution in [0.3, 0.4) is 0 Å². The molecule has 0 aliphatic heterocycles. The van der Waals surface area contributed by atoms with Crippen LogP contribution in [-0.2, 0) is 6.54 Å². The Kier molecular flexibility index (Phi) is 3.62. The maximum atomic E-state index is 6.06. The lowest BCUT2D eigenvalue weighted by Crippen LogP contribution is -2.23. The molecule has 1 heterocycles. The molecule has 0 aliphatic carbocycles. The molecule has 0 fully saturated rings. The average Bonchev–Trinajstić information content (AvgIpc) is 2.66. The van der Waals surface area contributed by atoms with Crippen LogP contribution in [0.5, 0.6) is 0 Å². The highest BCUT2D eigenvalue weighted by Crippen LogP contribution is 2.28. The van der Waals surface area contributed by atoms with Crippen molar-refractivity contribution >= 4 is 16.6 Å². The average molecular weight is 245 g/mol. The van der Waals surface area contributed by atoms with Crippen LogP contribution in [0, 0.1) is 0 Å². The molecule has 18 heavy (non-hydrogen) atoms. The Morgan fingerprint density at radius 1 is 1.22 bits per heavy atom. The molecule has 3 N–H and O–H groups in total. The zero-order chi connectivity index (χ0) is 13.3. The van der Waals surface area contributed by atoms with Crippen LogP contribution in [0.1, 0.15) is 39.4 Å². The zero-order valence-electron chi connectivity index (χ0n) is 11.7. The highest BCUT2D eigenvalue weighted by atomic mass is 15.0. The van der Waals surface area contributed by atoms with Crippen molar-refractivity contribution in [1.29, 1.82) is 0 Å². The van der Waals surface area contributed by atoms with Crippen LogP contribution >= 0.6 is 0 Å². The molecule has 3 nitrogen and oxygen atoms in total. The molecule has 0 bridgehead atoms. The number of benzene rings is 1. The van der Waals surface area contributed by atoms with Gasteiger partial charge in [-0.05, 0) is 32.0 Å². The van der Waals surface area contributed by atoms with E-state index in [9.17, 15) is 0 Å². The summed E-state index contributed by atoms with van der Waals surface area (Å²) in [6.45, 7) is 9.63. The molecule has 0 spiro atoms. The Morgan fingerprint density at radius 3 is 2.56 bits per heavy atom. The summed E-state index contributed by atoms with van der Waals surface area (Å²) < 4.78 is 2.36. The summed E-state index contributed by atoms with van der Waals surface area (Å²) in [5.41, 5.74) is 9.44. The summed E-state index contributed by atoms with van der Waals surface area (Å²) in [5, 5.41) is 4.63. The van der Waals surface area contributed by atoms with Gasteiger partial charge in [0.05, 0.1) is 5.52 Å². The van der Waals surface area contributed by atoms with Crippen molar-refractivity contribution < 1.29 is 0 Å². The number of rotatable bonds is 4. The van der Waals surface area contributed by atoms with Gasteiger partial charge in [0.25, 0.3) is 0 Å². The Labute approximate surface area is 109 Å². The second-order valence-electron chi connectivity index (χ2n) is 5.42. The van der Waals surface area contributed by atoms with Crippen molar-refractivity contribution in [2.75, 3.05) is 5.73 Å². The fourth-order valence-corrected chi connectivity index (χ4v) is 2.38. The normalized spacial score (nSPS) is 11.9. The predicted molar refractivity (Wildman–Crippen MR) is 78.7 cm³/mol. The summed E-state index contributed by atoms with van der Waals surface area (Å²) in [4.78, 5) is 0. The van der Waals surface area contributed by atoms with E-state index in [2.05, 4.69) is 49.7 Å². The first-order valence-electron chi connectivity index (χ1n) is 6.62. The molecule has 98 valence electrons. The molecular weight excluding hydrogens is 222 g/mol. The number of nitrogens with zero attached hydrogens (tertiary/aromatic N) is 1. The quantitative estimate of drug-likeness (QED) is 0.812. The second kappa shape index (κ2) is 5.02. The van der Waals surface area contributed by atoms with Crippen LogP contribution in [0.25, 0.3) is 10.9 Å². The molecule has 2 rings (SSSR count). The van der Waals surface area contributed by atoms with E-state index < -0.39 is 0 Å². The van der Waals surface area contributed by atoms with Crippen molar-refractivity contribution in [3.63, 3.8) is 0 Å². The molecular formula is C15H23N3. The minimum absolute atomic E-state index is 0.438. The van der Waals surface area contributed by atoms with Crippen LogP contribution in [0.4, 0.5) is 5.69 Å². The second-order valence-corrected chi connectivity index (χ2v) is 5.42. The number of hydrogen-bond donors (Lipinski definition) is 2. The van der Waals surface area contributed by atoms with Gasteiger partial charge < -0.3 is 15.6 Å². The smallest absolute Gasteiger partial charge is 0.0506 e. The van der Waals surface area contributed by atoms with Crippen LogP contribution in [-0.4, -0.2) is 10.6 Å². The number of aromatic nitrogens is 1. The van der Waals surface area contributed by atoms with Gasteiger partial charge in [-0.3, -0.25) is 0 Å².